The number of hydrogen-bond donors (Lipinski definition) is 0. The lowest BCUT2D eigenvalue weighted by atomic mass is 10.1. The largest absolute Gasteiger partial charge is 0.137 e. The van der Waals surface area contributed by atoms with Crippen molar-refractivity contribution >= 4 is 41.5 Å². The van der Waals surface area contributed by atoms with Gasteiger partial charge < -0.3 is 0 Å². The fourth-order valence-corrected chi connectivity index (χ4v) is 5.38. The molecule has 0 heterocycles. The van der Waals surface area contributed by atoms with Crippen molar-refractivity contribution in [2.75, 3.05) is 5.50 Å². The van der Waals surface area contributed by atoms with Gasteiger partial charge in [0.2, 0.25) is 0 Å². The van der Waals surface area contributed by atoms with Gasteiger partial charge in [0.15, 0.2) is 0 Å². The topological polar surface area (TPSA) is 0 Å². The summed E-state index contributed by atoms with van der Waals surface area (Å²) in [5.74, 6) is 0. The molecule has 0 spiro atoms. The van der Waals surface area contributed by atoms with Crippen LogP contribution in [0.3, 0.4) is 0 Å². The molecule has 0 aliphatic carbocycles. The molecule has 3 rings (SSSR count). The monoisotopic (exact) mass is 281 g/mol. The Labute approximate surface area is 120 Å². The van der Waals surface area contributed by atoms with Gasteiger partial charge in [0, 0.05) is 5.50 Å². The molecule has 0 unspecified atom stereocenters. The van der Waals surface area contributed by atoms with E-state index in [0.29, 0.717) is 5.50 Å². The molecule has 2 heteroatoms. The normalized spacial score (nSPS) is 11.1. The van der Waals surface area contributed by atoms with E-state index >= 15 is 0 Å². The summed E-state index contributed by atoms with van der Waals surface area (Å²) in [6.07, 6.45) is 0. The predicted molar refractivity (Wildman–Crippen MR) is 86.1 cm³/mol. The molecule has 0 aromatic heterocycles. The summed E-state index contributed by atoms with van der Waals surface area (Å²) in [4.78, 5) is 0. The molecule has 0 N–H and O–H groups in total. The highest BCUT2D eigenvalue weighted by atomic mass is 35.5. The lowest BCUT2D eigenvalue weighted by Gasteiger charge is -2.15. The second-order valence-electron chi connectivity index (χ2n) is 4.50. The van der Waals surface area contributed by atoms with Crippen LogP contribution in [0.4, 0.5) is 0 Å². The van der Waals surface area contributed by atoms with Crippen LogP contribution in [0.2, 0.25) is 0 Å². The van der Waals surface area contributed by atoms with Crippen LogP contribution in [0.25, 0.3) is 10.8 Å². The Kier molecular flexibility index (Phi) is 3.67. The van der Waals surface area contributed by atoms with E-state index < -0.39 is 8.80 Å². The van der Waals surface area contributed by atoms with Crippen LogP contribution in [0.1, 0.15) is 0 Å². The molecular weight excluding hydrogens is 268 g/mol. The smallest absolute Gasteiger partial charge is 0.130 e. The summed E-state index contributed by atoms with van der Waals surface area (Å²) in [5, 5.41) is 5.41. The third-order valence-electron chi connectivity index (χ3n) is 3.37. The first kappa shape index (κ1) is 12.5. The molecular formula is C17H14ClSi. The number of benzene rings is 3. The standard InChI is InChI=1S/C17H14ClSi/c18-13-19(15-9-2-1-3-10-15)17-12-6-8-14-7-4-5-11-16(14)17/h1-12H,13H2. The minimum Gasteiger partial charge on any atom is -0.130 e. The maximum Gasteiger partial charge on any atom is 0.137 e. The lowest BCUT2D eigenvalue weighted by Crippen LogP contribution is -2.44. The zero-order valence-corrected chi connectivity index (χ0v) is 12.3. The van der Waals surface area contributed by atoms with Crippen LogP contribution < -0.4 is 10.4 Å². The van der Waals surface area contributed by atoms with E-state index in [4.69, 9.17) is 11.6 Å². The van der Waals surface area contributed by atoms with E-state index in [1.807, 2.05) is 0 Å². The van der Waals surface area contributed by atoms with Crippen LogP contribution in [0, 0.1) is 0 Å². The number of alkyl halides is 1. The van der Waals surface area contributed by atoms with Gasteiger partial charge in [-0.1, -0.05) is 78.0 Å². The number of rotatable bonds is 3. The Balaban J connectivity index is 2.17. The van der Waals surface area contributed by atoms with Gasteiger partial charge >= 0.3 is 0 Å². The van der Waals surface area contributed by atoms with Gasteiger partial charge in [-0.05, 0) is 16.0 Å². The van der Waals surface area contributed by atoms with Gasteiger partial charge in [0.1, 0.15) is 8.80 Å². The van der Waals surface area contributed by atoms with Gasteiger partial charge in [0.05, 0.1) is 0 Å². The predicted octanol–water partition coefficient (Wildman–Crippen LogP) is 3.23. The highest BCUT2D eigenvalue weighted by Crippen LogP contribution is 2.12. The van der Waals surface area contributed by atoms with E-state index in [1.165, 1.54) is 21.1 Å². The van der Waals surface area contributed by atoms with E-state index in [0.717, 1.165) is 0 Å². The van der Waals surface area contributed by atoms with Crippen molar-refractivity contribution in [3.63, 3.8) is 0 Å². The molecule has 0 nitrogen and oxygen atoms in total. The number of halogens is 1. The molecule has 0 aliphatic heterocycles. The van der Waals surface area contributed by atoms with Crippen LogP contribution in [-0.4, -0.2) is 14.3 Å². The third-order valence-corrected chi connectivity index (χ3v) is 6.56. The average molecular weight is 282 g/mol. The molecule has 0 saturated carbocycles. The van der Waals surface area contributed by atoms with Crippen molar-refractivity contribution in [2.45, 2.75) is 0 Å². The lowest BCUT2D eigenvalue weighted by molar-refractivity contribution is 1.73. The van der Waals surface area contributed by atoms with Gasteiger partial charge in [0.25, 0.3) is 0 Å². The van der Waals surface area contributed by atoms with E-state index in [2.05, 4.69) is 72.8 Å². The second kappa shape index (κ2) is 5.60. The minimum absolute atomic E-state index is 0.697. The van der Waals surface area contributed by atoms with Gasteiger partial charge in [-0.25, -0.2) is 0 Å². The summed E-state index contributed by atoms with van der Waals surface area (Å²) in [6.45, 7) is 0. The Morgan fingerprint density at radius 3 is 2.21 bits per heavy atom. The van der Waals surface area contributed by atoms with E-state index in [9.17, 15) is 0 Å². The maximum absolute atomic E-state index is 6.28. The number of hydrogen-bond acceptors (Lipinski definition) is 0. The highest BCUT2D eigenvalue weighted by Gasteiger charge is 2.17. The van der Waals surface area contributed by atoms with Crippen LogP contribution >= 0.6 is 11.6 Å². The Morgan fingerprint density at radius 2 is 1.42 bits per heavy atom. The molecule has 0 amide bonds. The Morgan fingerprint density at radius 1 is 0.737 bits per heavy atom. The molecule has 0 aliphatic rings. The summed E-state index contributed by atoms with van der Waals surface area (Å²) in [7, 11) is -0.899. The van der Waals surface area contributed by atoms with Crippen molar-refractivity contribution in [2.24, 2.45) is 0 Å². The third kappa shape index (κ3) is 2.44. The highest BCUT2D eigenvalue weighted by molar-refractivity contribution is 6.91. The summed E-state index contributed by atoms with van der Waals surface area (Å²) in [5.41, 5.74) is 0.697. The molecule has 93 valence electrons. The fourth-order valence-electron chi connectivity index (χ4n) is 2.43. The van der Waals surface area contributed by atoms with Crippen molar-refractivity contribution in [1.29, 1.82) is 0 Å². The minimum atomic E-state index is -0.899. The van der Waals surface area contributed by atoms with Gasteiger partial charge in [-0.2, -0.15) is 0 Å². The van der Waals surface area contributed by atoms with Crippen LogP contribution in [0.5, 0.6) is 0 Å². The summed E-state index contributed by atoms with van der Waals surface area (Å²) in [6, 6.07) is 25.7. The Bertz CT molecular complexity index is 674. The first-order valence-electron chi connectivity index (χ1n) is 6.35. The first-order valence-corrected chi connectivity index (χ1v) is 8.59. The first-order chi connectivity index (χ1) is 9.40. The second-order valence-corrected chi connectivity index (χ2v) is 7.65. The zero-order valence-electron chi connectivity index (χ0n) is 10.5. The fraction of sp³-hybridized carbons (Fsp3) is 0.0588. The average Bonchev–Trinajstić information content (AvgIpc) is 2.49. The molecule has 0 bridgehead atoms. The van der Waals surface area contributed by atoms with Crippen molar-refractivity contribution in [1.82, 2.24) is 0 Å². The molecule has 0 atom stereocenters. The quantitative estimate of drug-likeness (QED) is 0.511. The molecule has 0 fully saturated rings. The van der Waals surface area contributed by atoms with E-state index in [1.54, 1.807) is 0 Å². The summed E-state index contributed by atoms with van der Waals surface area (Å²) < 4.78 is 0. The van der Waals surface area contributed by atoms with Crippen molar-refractivity contribution in [3.8, 4) is 0 Å². The maximum atomic E-state index is 6.28. The van der Waals surface area contributed by atoms with E-state index in [-0.39, 0.29) is 0 Å². The number of fused-ring (bicyclic) bond motifs is 1. The zero-order chi connectivity index (χ0) is 13.1. The molecule has 1 radical (unpaired) electrons. The van der Waals surface area contributed by atoms with Crippen molar-refractivity contribution in [3.05, 3.63) is 72.8 Å². The van der Waals surface area contributed by atoms with Crippen molar-refractivity contribution < 1.29 is 0 Å². The summed E-state index contributed by atoms with van der Waals surface area (Å²) >= 11 is 6.28. The molecule has 3 aromatic carbocycles. The molecule has 3 aromatic rings. The van der Waals surface area contributed by atoms with Gasteiger partial charge in [-0.3, -0.25) is 0 Å². The molecule has 19 heavy (non-hydrogen) atoms. The Hall–Kier alpha value is -1.57. The van der Waals surface area contributed by atoms with Crippen LogP contribution in [-0.2, 0) is 0 Å². The molecule has 0 saturated heterocycles. The van der Waals surface area contributed by atoms with Crippen LogP contribution in [0.15, 0.2) is 72.8 Å². The SMILES string of the molecule is ClC[Si](c1ccccc1)c1cccc2ccccc12. The van der Waals surface area contributed by atoms with Gasteiger partial charge in [-0.15, -0.1) is 11.6 Å².